The Bertz CT molecular complexity index is 461. The van der Waals surface area contributed by atoms with E-state index in [9.17, 15) is 4.39 Å². The topological polar surface area (TPSA) is 12.0 Å². The first kappa shape index (κ1) is 16.8. The summed E-state index contributed by atoms with van der Waals surface area (Å²) >= 11 is 5.77. The van der Waals surface area contributed by atoms with E-state index in [0.29, 0.717) is 17.9 Å². The lowest BCUT2D eigenvalue weighted by molar-refractivity contribution is 0.181. The molecule has 3 unspecified atom stereocenters. The summed E-state index contributed by atoms with van der Waals surface area (Å²) in [4.78, 5) is 0. The number of hydrogen-bond acceptors (Lipinski definition) is 1. The lowest BCUT2D eigenvalue weighted by atomic mass is 9.72. The van der Waals surface area contributed by atoms with E-state index in [4.69, 9.17) is 11.6 Å². The summed E-state index contributed by atoms with van der Waals surface area (Å²) in [6.07, 6.45) is 4.80. The predicted octanol–water partition coefficient (Wildman–Crippen LogP) is 5.07. The van der Waals surface area contributed by atoms with Gasteiger partial charge < -0.3 is 5.32 Å². The molecule has 1 saturated carbocycles. The number of rotatable bonds is 5. The van der Waals surface area contributed by atoms with E-state index in [-0.39, 0.29) is 10.8 Å². The molecule has 0 amide bonds. The molecule has 1 aromatic rings. The van der Waals surface area contributed by atoms with Crippen LogP contribution in [0, 0.1) is 23.6 Å². The number of nitrogens with one attached hydrogen (secondary N) is 1. The molecule has 1 nitrogen and oxygen atoms in total. The number of benzene rings is 1. The molecule has 0 saturated heterocycles. The van der Waals surface area contributed by atoms with Gasteiger partial charge in [-0.15, -0.1) is 0 Å². The van der Waals surface area contributed by atoms with E-state index in [1.807, 2.05) is 6.07 Å². The Morgan fingerprint density at radius 3 is 2.71 bits per heavy atom. The van der Waals surface area contributed by atoms with Crippen molar-refractivity contribution in [1.29, 1.82) is 0 Å². The Kier molecular flexibility index (Phi) is 6.07. The van der Waals surface area contributed by atoms with Gasteiger partial charge in [0, 0.05) is 6.04 Å². The van der Waals surface area contributed by atoms with Gasteiger partial charge in [-0.2, -0.15) is 0 Å². The summed E-state index contributed by atoms with van der Waals surface area (Å²) in [5.74, 6) is 1.82. The molecule has 3 atom stereocenters. The number of halogens is 2. The lowest BCUT2D eigenvalue weighted by Gasteiger charge is -2.35. The third kappa shape index (κ3) is 4.96. The van der Waals surface area contributed by atoms with Crippen LogP contribution in [0.2, 0.25) is 5.02 Å². The fourth-order valence-corrected chi connectivity index (χ4v) is 3.55. The van der Waals surface area contributed by atoms with Gasteiger partial charge >= 0.3 is 0 Å². The minimum absolute atomic E-state index is 0.216. The fraction of sp³-hybridized carbons (Fsp3) is 0.667. The van der Waals surface area contributed by atoms with Crippen molar-refractivity contribution in [2.75, 3.05) is 6.54 Å². The van der Waals surface area contributed by atoms with Crippen molar-refractivity contribution in [3.8, 4) is 0 Å². The molecule has 1 fully saturated rings. The van der Waals surface area contributed by atoms with Crippen LogP contribution < -0.4 is 5.32 Å². The van der Waals surface area contributed by atoms with E-state index in [2.05, 4.69) is 26.1 Å². The van der Waals surface area contributed by atoms with Crippen LogP contribution in [0.3, 0.4) is 0 Å². The zero-order valence-corrected chi connectivity index (χ0v) is 14.1. The monoisotopic (exact) mass is 311 g/mol. The van der Waals surface area contributed by atoms with E-state index < -0.39 is 0 Å². The first-order valence-corrected chi connectivity index (χ1v) is 8.50. The summed E-state index contributed by atoms with van der Waals surface area (Å²) < 4.78 is 13.6. The molecular formula is C18H27ClFN. The third-order valence-electron chi connectivity index (χ3n) is 4.67. The molecule has 0 aliphatic heterocycles. The van der Waals surface area contributed by atoms with Crippen molar-refractivity contribution in [3.63, 3.8) is 0 Å². The average Bonchev–Trinajstić information content (AvgIpc) is 2.42. The molecule has 0 bridgehead atoms. The zero-order chi connectivity index (χ0) is 15.4. The first-order chi connectivity index (χ1) is 9.95. The molecular weight excluding hydrogens is 285 g/mol. The van der Waals surface area contributed by atoms with Crippen LogP contribution in [-0.2, 0) is 6.42 Å². The van der Waals surface area contributed by atoms with Crippen LogP contribution in [0.15, 0.2) is 18.2 Å². The van der Waals surface area contributed by atoms with Crippen molar-refractivity contribution in [2.24, 2.45) is 17.8 Å². The van der Waals surface area contributed by atoms with Crippen molar-refractivity contribution < 1.29 is 4.39 Å². The number of hydrogen-bond donors (Lipinski definition) is 1. The second-order valence-corrected chi connectivity index (χ2v) is 7.36. The summed E-state index contributed by atoms with van der Waals surface area (Å²) in [6, 6.07) is 5.78. The summed E-state index contributed by atoms with van der Waals surface area (Å²) in [5.41, 5.74) is 1.07. The van der Waals surface area contributed by atoms with Gasteiger partial charge in [-0.05, 0) is 61.3 Å². The highest BCUT2D eigenvalue weighted by Gasteiger charge is 2.28. The van der Waals surface area contributed by atoms with Gasteiger partial charge in [0.2, 0.25) is 0 Å². The van der Waals surface area contributed by atoms with Crippen LogP contribution in [0.5, 0.6) is 0 Å². The van der Waals surface area contributed by atoms with Crippen LogP contribution in [0.25, 0.3) is 0 Å². The largest absolute Gasteiger partial charge is 0.314 e. The van der Waals surface area contributed by atoms with E-state index in [0.717, 1.165) is 24.4 Å². The maximum atomic E-state index is 13.6. The quantitative estimate of drug-likeness (QED) is 0.800. The molecule has 3 heteroatoms. The second-order valence-electron chi connectivity index (χ2n) is 6.95. The van der Waals surface area contributed by atoms with Crippen molar-refractivity contribution in [1.82, 2.24) is 5.32 Å². The summed E-state index contributed by atoms with van der Waals surface area (Å²) in [5, 5.41) is 3.79. The Balaban J connectivity index is 2.03. The molecule has 0 aromatic heterocycles. The maximum absolute atomic E-state index is 13.6. The molecule has 21 heavy (non-hydrogen) atoms. The van der Waals surface area contributed by atoms with Gasteiger partial charge in [-0.3, -0.25) is 0 Å². The van der Waals surface area contributed by atoms with Gasteiger partial charge in [0.15, 0.2) is 0 Å². The Hall–Kier alpha value is -0.600. The molecule has 1 aliphatic rings. The smallest absolute Gasteiger partial charge is 0.142 e. The standard InChI is InChI=1S/C18H27ClFN/c1-12(2)21-11-15-6-4-13(3)8-16(15)9-14-5-7-17(19)18(20)10-14/h5,7,10,12-13,15-16,21H,4,6,8-9,11H2,1-3H3. The highest BCUT2D eigenvalue weighted by Crippen LogP contribution is 2.36. The van der Waals surface area contributed by atoms with E-state index in [1.54, 1.807) is 12.1 Å². The predicted molar refractivity (Wildman–Crippen MR) is 88.2 cm³/mol. The highest BCUT2D eigenvalue weighted by molar-refractivity contribution is 6.30. The first-order valence-electron chi connectivity index (χ1n) is 8.13. The van der Waals surface area contributed by atoms with Crippen LogP contribution in [0.4, 0.5) is 4.39 Å². The van der Waals surface area contributed by atoms with Gasteiger partial charge in [0.25, 0.3) is 0 Å². The van der Waals surface area contributed by atoms with Crippen LogP contribution in [0.1, 0.15) is 45.6 Å². The van der Waals surface area contributed by atoms with E-state index >= 15 is 0 Å². The van der Waals surface area contributed by atoms with Gasteiger partial charge in [0.1, 0.15) is 5.82 Å². The molecule has 0 radical (unpaired) electrons. The van der Waals surface area contributed by atoms with Gasteiger partial charge in [-0.25, -0.2) is 4.39 Å². The van der Waals surface area contributed by atoms with Crippen molar-refractivity contribution >= 4 is 11.6 Å². The summed E-state index contributed by atoms with van der Waals surface area (Å²) in [6.45, 7) is 7.79. The molecule has 0 heterocycles. The molecule has 118 valence electrons. The minimum Gasteiger partial charge on any atom is -0.314 e. The van der Waals surface area contributed by atoms with Crippen LogP contribution in [-0.4, -0.2) is 12.6 Å². The van der Waals surface area contributed by atoms with Crippen LogP contribution >= 0.6 is 11.6 Å². The molecule has 1 aromatic carbocycles. The van der Waals surface area contributed by atoms with Crippen molar-refractivity contribution in [2.45, 2.75) is 52.5 Å². The second kappa shape index (κ2) is 7.60. The van der Waals surface area contributed by atoms with Crippen molar-refractivity contribution in [3.05, 3.63) is 34.6 Å². The zero-order valence-electron chi connectivity index (χ0n) is 13.3. The molecule has 1 N–H and O–H groups in total. The maximum Gasteiger partial charge on any atom is 0.142 e. The minimum atomic E-state index is -0.296. The molecule has 1 aliphatic carbocycles. The summed E-state index contributed by atoms with van der Waals surface area (Å²) in [7, 11) is 0. The molecule has 0 spiro atoms. The Morgan fingerprint density at radius 2 is 2.05 bits per heavy atom. The van der Waals surface area contributed by atoms with Gasteiger partial charge in [0.05, 0.1) is 5.02 Å². The fourth-order valence-electron chi connectivity index (χ4n) is 3.44. The Labute approximate surface area is 133 Å². The highest BCUT2D eigenvalue weighted by atomic mass is 35.5. The third-order valence-corrected chi connectivity index (χ3v) is 4.98. The Morgan fingerprint density at radius 1 is 1.29 bits per heavy atom. The molecule has 2 rings (SSSR count). The normalized spacial score (nSPS) is 26.3. The lowest BCUT2D eigenvalue weighted by Crippen LogP contribution is -2.36. The van der Waals surface area contributed by atoms with Gasteiger partial charge in [-0.1, -0.05) is 44.9 Å². The average molecular weight is 312 g/mol. The van der Waals surface area contributed by atoms with E-state index in [1.165, 1.54) is 19.3 Å². The SMILES string of the molecule is CC1CCC(CNC(C)C)C(Cc2ccc(Cl)c(F)c2)C1.